The Morgan fingerprint density at radius 1 is 1.27 bits per heavy atom. The third-order valence-corrected chi connectivity index (χ3v) is 7.29. The molecule has 160 valence electrons. The van der Waals surface area contributed by atoms with Crippen molar-refractivity contribution in [1.29, 1.82) is 0 Å². The van der Waals surface area contributed by atoms with E-state index in [4.69, 9.17) is 0 Å². The summed E-state index contributed by atoms with van der Waals surface area (Å²) in [5.41, 5.74) is 2.26. The average Bonchev–Trinajstić information content (AvgIpc) is 3.34. The van der Waals surface area contributed by atoms with E-state index >= 15 is 0 Å². The zero-order chi connectivity index (χ0) is 21.1. The van der Waals surface area contributed by atoms with E-state index < -0.39 is 16.1 Å². The largest absolute Gasteiger partial charge is 0.322 e. The number of aromatic nitrogens is 4. The molecule has 3 aromatic rings. The molecule has 1 fully saturated rings. The zero-order valence-corrected chi connectivity index (χ0v) is 17.8. The fourth-order valence-electron chi connectivity index (χ4n) is 3.84. The van der Waals surface area contributed by atoms with Crippen molar-refractivity contribution in [2.75, 3.05) is 17.6 Å². The number of sulfonamides is 1. The summed E-state index contributed by atoms with van der Waals surface area (Å²) in [6.45, 7) is 2.69. The summed E-state index contributed by atoms with van der Waals surface area (Å²) in [6.07, 6.45) is 9.86. The van der Waals surface area contributed by atoms with Crippen LogP contribution in [0.5, 0.6) is 0 Å². The number of pyridine rings is 1. The Morgan fingerprint density at radius 2 is 2.13 bits per heavy atom. The van der Waals surface area contributed by atoms with E-state index in [-0.39, 0.29) is 11.7 Å². The summed E-state index contributed by atoms with van der Waals surface area (Å²) in [5, 5.41) is 7.13. The van der Waals surface area contributed by atoms with Crippen LogP contribution in [0.15, 0.2) is 43.0 Å². The van der Waals surface area contributed by atoms with Crippen molar-refractivity contribution in [3.8, 4) is 0 Å². The van der Waals surface area contributed by atoms with Crippen LogP contribution in [0.2, 0.25) is 0 Å². The quantitative estimate of drug-likeness (QED) is 0.619. The number of carbonyl (C=O) groups is 1. The molecule has 0 aliphatic carbocycles. The van der Waals surface area contributed by atoms with Crippen LogP contribution >= 0.6 is 0 Å². The molecular weight excluding hydrogens is 404 g/mol. The minimum Gasteiger partial charge on any atom is -0.322 e. The van der Waals surface area contributed by atoms with Gasteiger partial charge in [-0.1, -0.05) is 19.4 Å². The van der Waals surface area contributed by atoms with Crippen molar-refractivity contribution in [2.45, 2.75) is 45.2 Å². The van der Waals surface area contributed by atoms with Crippen molar-refractivity contribution in [2.24, 2.45) is 0 Å². The molecule has 0 bridgehead atoms. The monoisotopic (exact) mass is 430 g/mol. The van der Waals surface area contributed by atoms with Gasteiger partial charge in [0.2, 0.25) is 15.9 Å². The molecular formula is C20H26N6O3S. The number of nitrogens with zero attached hydrogens (tertiary/aromatic N) is 5. The minimum absolute atomic E-state index is 0.0632. The Bertz CT molecular complexity index is 1100. The fourth-order valence-corrected chi connectivity index (χ4v) is 5.59. The Labute approximate surface area is 175 Å². The molecule has 1 amide bonds. The van der Waals surface area contributed by atoms with E-state index in [9.17, 15) is 13.2 Å². The highest BCUT2D eigenvalue weighted by atomic mass is 32.2. The van der Waals surface area contributed by atoms with Gasteiger partial charge in [-0.2, -0.15) is 9.40 Å². The van der Waals surface area contributed by atoms with E-state index in [1.165, 1.54) is 4.31 Å². The van der Waals surface area contributed by atoms with Gasteiger partial charge in [-0.3, -0.25) is 9.48 Å². The summed E-state index contributed by atoms with van der Waals surface area (Å²) in [4.78, 5) is 17.4. The molecule has 4 heterocycles. The molecule has 30 heavy (non-hydrogen) atoms. The first kappa shape index (κ1) is 20.5. The number of nitrogens with one attached hydrogen (secondary N) is 1. The highest BCUT2D eigenvalue weighted by molar-refractivity contribution is 7.89. The SMILES string of the molecule is CCCS(=O)(=O)N1CCCCC1C(=O)Nc1cnn(Cc2cn3ccccc3n2)c1. The van der Waals surface area contributed by atoms with Crippen molar-refractivity contribution >= 4 is 27.3 Å². The summed E-state index contributed by atoms with van der Waals surface area (Å²) in [6, 6.07) is 5.14. The molecule has 1 atom stereocenters. The van der Waals surface area contributed by atoms with Crippen molar-refractivity contribution < 1.29 is 13.2 Å². The van der Waals surface area contributed by atoms with Crippen molar-refractivity contribution in [3.05, 3.63) is 48.7 Å². The van der Waals surface area contributed by atoms with Gasteiger partial charge in [0.1, 0.15) is 11.7 Å². The van der Waals surface area contributed by atoms with Crippen molar-refractivity contribution in [3.63, 3.8) is 0 Å². The van der Waals surface area contributed by atoms with E-state index in [1.807, 2.05) is 41.9 Å². The summed E-state index contributed by atoms with van der Waals surface area (Å²) >= 11 is 0. The maximum atomic E-state index is 12.8. The molecule has 1 unspecified atom stereocenters. The summed E-state index contributed by atoms with van der Waals surface area (Å²) < 4.78 is 30.1. The number of fused-ring (bicyclic) bond motifs is 1. The van der Waals surface area contributed by atoms with Crippen LogP contribution in [0.25, 0.3) is 5.65 Å². The van der Waals surface area contributed by atoms with Gasteiger partial charge in [-0.25, -0.2) is 13.4 Å². The van der Waals surface area contributed by atoms with Gasteiger partial charge in [-0.15, -0.1) is 0 Å². The number of amides is 1. The smallest absolute Gasteiger partial charge is 0.242 e. The molecule has 4 rings (SSSR count). The molecule has 1 aliphatic rings. The molecule has 1 saturated heterocycles. The number of piperidine rings is 1. The minimum atomic E-state index is -3.43. The van der Waals surface area contributed by atoms with Crippen LogP contribution in [-0.2, 0) is 21.4 Å². The first-order chi connectivity index (χ1) is 14.5. The number of carbonyl (C=O) groups excluding carboxylic acids is 1. The molecule has 0 aromatic carbocycles. The predicted octanol–water partition coefficient (Wildman–Crippen LogP) is 2.11. The van der Waals surface area contributed by atoms with Gasteiger partial charge in [0.25, 0.3) is 0 Å². The van der Waals surface area contributed by atoms with Gasteiger partial charge in [-0.05, 0) is 31.4 Å². The normalized spacial score (nSPS) is 18.0. The number of anilines is 1. The molecule has 0 saturated carbocycles. The Kier molecular flexibility index (Phi) is 5.87. The molecule has 0 radical (unpaired) electrons. The standard InChI is InChI=1S/C20H26N6O3S/c1-2-11-30(28,29)26-10-6-3-7-18(26)20(27)23-16-12-21-25(14-16)15-17-13-24-9-5-4-8-19(24)22-17/h4-5,8-9,12-14,18H,2-3,6-7,10-11,15H2,1H3,(H,23,27). The zero-order valence-electron chi connectivity index (χ0n) is 16.9. The van der Waals surface area contributed by atoms with Crippen molar-refractivity contribution in [1.82, 2.24) is 23.5 Å². The van der Waals surface area contributed by atoms with Gasteiger partial charge >= 0.3 is 0 Å². The second kappa shape index (κ2) is 8.57. The maximum Gasteiger partial charge on any atom is 0.242 e. The first-order valence-corrected chi connectivity index (χ1v) is 11.8. The Hall–Kier alpha value is -2.72. The molecule has 0 spiro atoms. The van der Waals surface area contributed by atoms with Gasteiger partial charge < -0.3 is 9.72 Å². The highest BCUT2D eigenvalue weighted by Crippen LogP contribution is 2.23. The lowest BCUT2D eigenvalue weighted by atomic mass is 10.0. The number of imidazole rings is 1. The van der Waals surface area contributed by atoms with E-state index in [0.29, 0.717) is 31.6 Å². The molecule has 3 aromatic heterocycles. The average molecular weight is 431 g/mol. The lowest BCUT2D eigenvalue weighted by Gasteiger charge is -2.33. The number of hydrogen-bond donors (Lipinski definition) is 1. The third kappa shape index (κ3) is 4.39. The molecule has 9 nitrogen and oxygen atoms in total. The first-order valence-electron chi connectivity index (χ1n) is 10.2. The molecule has 1 N–H and O–H groups in total. The maximum absolute atomic E-state index is 12.8. The topological polar surface area (TPSA) is 102 Å². The van der Waals surface area contributed by atoms with E-state index in [0.717, 1.165) is 24.2 Å². The highest BCUT2D eigenvalue weighted by Gasteiger charge is 2.36. The fraction of sp³-hybridized carbons (Fsp3) is 0.450. The van der Waals surface area contributed by atoms with Gasteiger partial charge in [0.05, 0.1) is 29.9 Å². The molecule has 1 aliphatic heterocycles. The Balaban J connectivity index is 1.44. The van der Waals surface area contributed by atoms with Crippen LogP contribution in [0.1, 0.15) is 38.3 Å². The third-order valence-electron chi connectivity index (χ3n) is 5.21. The number of rotatable bonds is 7. The number of hydrogen-bond acceptors (Lipinski definition) is 5. The van der Waals surface area contributed by atoms with E-state index in [1.54, 1.807) is 17.1 Å². The van der Waals surface area contributed by atoms with Crippen LogP contribution in [0.4, 0.5) is 5.69 Å². The van der Waals surface area contributed by atoms with Crippen LogP contribution in [0.3, 0.4) is 0 Å². The lowest BCUT2D eigenvalue weighted by molar-refractivity contribution is -0.120. The van der Waals surface area contributed by atoms with Crippen LogP contribution in [0, 0.1) is 0 Å². The predicted molar refractivity (Wildman–Crippen MR) is 114 cm³/mol. The Morgan fingerprint density at radius 3 is 2.93 bits per heavy atom. The van der Waals surface area contributed by atoms with Gasteiger partial charge in [0.15, 0.2) is 0 Å². The second-order valence-electron chi connectivity index (χ2n) is 7.55. The van der Waals surface area contributed by atoms with Crippen LogP contribution < -0.4 is 5.32 Å². The summed E-state index contributed by atoms with van der Waals surface area (Å²) in [5.74, 6) is -0.241. The van der Waals surface area contributed by atoms with Gasteiger partial charge in [0, 0.05) is 25.1 Å². The summed E-state index contributed by atoms with van der Waals surface area (Å²) in [7, 11) is -3.43. The lowest BCUT2D eigenvalue weighted by Crippen LogP contribution is -2.50. The second-order valence-corrected chi connectivity index (χ2v) is 9.59. The van der Waals surface area contributed by atoms with Crippen LogP contribution in [-0.4, -0.2) is 56.1 Å². The molecule has 10 heteroatoms. The van der Waals surface area contributed by atoms with E-state index in [2.05, 4.69) is 15.4 Å².